The standard InChI is InChI=1S/2C14H13N3O5S.C13H12N4O5S.2C2H6.3H2/c1-20-10-6-3-7-11(21-2)12(10)23(18,19)17-13-9-5-4-8-15-14(9)22-16-13;1-20-10-5-3-6-11(21-2)13(10)23(18,19)17-14-12-9(22-16-14)7-4-8-15-12;1-20-8-4-3-5-9(21-2)11(8)23(18,19)17-12-10-13(22-16-12)15-7-6-14-10;2*1-2;;;/h2*3-8H,1-2H3,(H,16,17);3-7H,1-2H3,(H,16,17);2*1-2H3;3*1H. The van der Waals surface area contributed by atoms with Crippen LogP contribution in [0.5, 0.6) is 34.5 Å². The fourth-order valence-electron chi connectivity index (χ4n) is 6.24. The number of aromatic nitrogens is 7. The van der Waals surface area contributed by atoms with Crippen molar-refractivity contribution in [3.8, 4) is 34.5 Å². The quantitative estimate of drug-likeness (QED) is 0.0868. The molecule has 0 radical (unpaired) electrons. The summed E-state index contributed by atoms with van der Waals surface area (Å²) in [6.45, 7) is 8.00. The molecule has 28 heteroatoms. The lowest BCUT2D eigenvalue weighted by Gasteiger charge is -2.13. The first kappa shape index (κ1) is 55.4. The second-order valence-corrected chi connectivity index (χ2v) is 18.2. The van der Waals surface area contributed by atoms with Crippen LogP contribution in [0.3, 0.4) is 0 Å². The number of nitrogens with one attached hydrogen (secondary N) is 3. The Morgan fingerprint density at radius 1 is 0.397 bits per heavy atom. The van der Waals surface area contributed by atoms with Crippen molar-refractivity contribution in [2.24, 2.45) is 0 Å². The van der Waals surface area contributed by atoms with Crippen LogP contribution in [0.25, 0.3) is 33.4 Å². The van der Waals surface area contributed by atoms with Crippen LogP contribution in [0.15, 0.2) is 132 Å². The van der Waals surface area contributed by atoms with E-state index in [0.29, 0.717) is 16.5 Å². The van der Waals surface area contributed by atoms with Gasteiger partial charge in [0.1, 0.15) is 34.5 Å². The fraction of sp³-hybridized carbons (Fsp3) is 0.222. The molecule has 0 aliphatic rings. The zero-order chi connectivity index (χ0) is 53.3. The van der Waals surface area contributed by atoms with Crippen molar-refractivity contribution in [1.82, 2.24) is 35.4 Å². The third kappa shape index (κ3) is 12.5. The summed E-state index contributed by atoms with van der Waals surface area (Å²) in [6.07, 6.45) is 5.85. The van der Waals surface area contributed by atoms with E-state index in [0.717, 1.165) is 0 Å². The molecule has 6 aromatic heterocycles. The first-order chi connectivity index (χ1) is 35.2. The molecule has 0 aliphatic heterocycles. The summed E-state index contributed by atoms with van der Waals surface area (Å²) in [7, 11) is -3.84. The van der Waals surface area contributed by atoms with Crippen molar-refractivity contribution < 1.29 is 71.5 Å². The van der Waals surface area contributed by atoms with Gasteiger partial charge in [-0.15, -0.1) is 0 Å². The Hall–Kier alpha value is -8.50. The zero-order valence-electron chi connectivity index (χ0n) is 40.8. The number of ether oxygens (including phenoxy) is 6. The van der Waals surface area contributed by atoms with E-state index in [2.05, 4.69) is 49.6 Å². The van der Waals surface area contributed by atoms with Crippen molar-refractivity contribution in [1.29, 1.82) is 0 Å². The van der Waals surface area contributed by atoms with Crippen molar-refractivity contribution in [3.05, 3.63) is 104 Å². The van der Waals surface area contributed by atoms with E-state index in [9.17, 15) is 25.3 Å². The van der Waals surface area contributed by atoms with Crippen LogP contribution in [0, 0.1) is 0 Å². The van der Waals surface area contributed by atoms with Gasteiger partial charge in [-0.05, 0) is 60.7 Å². The number of hydrogen-bond acceptors (Lipinski definition) is 22. The third-order valence-corrected chi connectivity index (χ3v) is 13.4. The Kier molecular flexibility index (Phi) is 19.0. The maximum Gasteiger partial charge on any atom is 0.278 e. The lowest BCUT2D eigenvalue weighted by molar-refractivity contribution is 0.373. The molecule has 0 saturated carbocycles. The Morgan fingerprint density at radius 3 is 1.21 bits per heavy atom. The van der Waals surface area contributed by atoms with Gasteiger partial charge in [-0.25, -0.2) is 45.2 Å². The van der Waals surface area contributed by atoms with Crippen molar-refractivity contribution in [2.45, 2.75) is 42.4 Å². The first-order valence-corrected chi connectivity index (χ1v) is 25.8. The van der Waals surface area contributed by atoms with E-state index in [4.69, 9.17) is 42.0 Å². The van der Waals surface area contributed by atoms with Gasteiger partial charge < -0.3 is 42.0 Å². The summed E-state index contributed by atoms with van der Waals surface area (Å²) in [4.78, 5) is 15.5. The molecule has 73 heavy (non-hydrogen) atoms. The summed E-state index contributed by atoms with van der Waals surface area (Å²) in [6, 6.07) is 20.6. The van der Waals surface area contributed by atoms with Crippen LogP contribution in [-0.2, 0) is 30.1 Å². The van der Waals surface area contributed by atoms with Gasteiger partial charge >= 0.3 is 0 Å². The van der Waals surface area contributed by atoms with Crippen molar-refractivity contribution in [2.75, 3.05) is 56.8 Å². The number of fused-ring (bicyclic) bond motifs is 3. The number of sulfonamides is 3. The monoisotopic (exact) mass is 1070 g/mol. The van der Waals surface area contributed by atoms with E-state index < -0.39 is 30.1 Å². The molecule has 0 saturated heterocycles. The Morgan fingerprint density at radius 2 is 0.740 bits per heavy atom. The number of nitrogens with zero attached hydrogens (tertiary/aromatic N) is 7. The molecule has 0 unspecified atom stereocenters. The number of benzene rings is 3. The number of anilines is 3. The fourth-order valence-corrected chi connectivity index (χ4v) is 10.2. The van der Waals surface area contributed by atoms with Gasteiger partial charge in [0, 0.05) is 29.1 Å². The highest BCUT2D eigenvalue weighted by Crippen LogP contribution is 2.37. The van der Waals surface area contributed by atoms with Crippen molar-refractivity contribution in [3.63, 3.8) is 0 Å². The number of pyridine rings is 2. The smallest absolute Gasteiger partial charge is 0.278 e. The maximum absolute atomic E-state index is 12.7. The molecule has 9 aromatic rings. The molecule has 394 valence electrons. The van der Waals surface area contributed by atoms with Crippen LogP contribution >= 0.6 is 0 Å². The van der Waals surface area contributed by atoms with Crippen LogP contribution < -0.4 is 42.6 Å². The number of hydrogen-bond donors (Lipinski definition) is 3. The average molecular weight is 1070 g/mol. The Bertz CT molecular complexity index is 3190. The largest absolute Gasteiger partial charge is 0.495 e. The second-order valence-electron chi connectivity index (χ2n) is 13.3. The van der Waals surface area contributed by atoms with E-state index in [1.165, 1.54) is 104 Å². The molecule has 6 heterocycles. The lowest BCUT2D eigenvalue weighted by atomic mass is 10.3. The summed E-state index contributed by atoms with van der Waals surface area (Å²) < 4.78 is 129. The van der Waals surface area contributed by atoms with Gasteiger partial charge in [0.15, 0.2) is 37.1 Å². The number of methoxy groups -OCH3 is 6. The minimum atomic E-state index is -4.05. The maximum atomic E-state index is 12.7. The predicted molar refractivity (Wildman–Crippen MR) is 273 cm³/mol. The molecular formula is C45H56N10O15S3. The molecule has 0 amide bonds. The van der Waals surface area contributed by atoms with Gasteiger partial charge in [0.2, 0.25) is 11.6 Å². The van der Waals surface area contributed by atoms with Gasteiger partial charge in [-0.2, -0.15) is 0 Å². The van der Waals surface area contributed by atoms with E-state index in [1.807, 2.05) is 27.7 Å². The molecule has 25 nitrogen and oxygen atoms in total. The molecule has 0 bridgehead atoms. The summed E-state index contributed by atoms with van der Waals surface area (Å²) in [5.74, 6) is 0.850. The molecule has 0 fully saturated rings. The van der Waals surface area contributed by atoms with Crippen LogP contribution in [0.2, 0.25) is 0 Å². The molecule has 0 aliphatic carbocycles. The van der Waals surface area contributed by atoms with Crippen LogP contribution in [0.4, 0.5) is 17.5 Å². The highest BCUT2D eigenvalue weighted by molar-refractivity contribution is 7.93. The van der Waals surface area contributed by atoms with Gasteiger partial charge in [-0.1, -0.05) is 61.4 Å². The lowest BCUT2D eigenvalue weighted by Crippen LogP contribution is -2.15. The second kappa shape index (κ2) is 25.1. The summed E-state index contributed by atoms with van der Waals surface area (Å²) >= 11 is 0. The minimum Gasteiger partial charge on any atom is -0.495 e. The van der Waals surface area contributed by atoms with Crippen molar-refractivity contribution >= 4 is 81.0 Å². The summed E-state index contributed by atoms with van der Waals surface area (Å²) in [5, 5.41) is 11.5. The molecule has 0 spiro atoms. The normalized spacial score (nSPS) is 10.9. The minimum absolute atomic E-state index is 0. The SMILES string of the molecule is CC.CC.COc1cccc(OC)c1S(=O)(=O)Nc1noc2cccnc12.COc1cccc(OC)c1S(=O)(=O)Nc1noc2ncccc12.COc1cccc(OC)c1S(=O)(=O)Nc1noc2nccnc12.[HH].[HH].[HH]. The molecule has 3 N–H and O–H groups in total. The van der Waals surface area contributed by atoms with E-state index >= 15 is 0 Å². The highest BCUT2D eigenvalue weighted by atomic mass is 32.2. The van der Waals surface area contributed by atoms with Gasteiger partial charge in [0.05, 0.1) is 48.0 Å². The predicted octanol–water partition coefficient (Wildman–Crippen LogP) is 8.31. The highest BCUT2D eigenvalue weighted by Gasteiger charge is 2.30. The van der Waals surface area contributed by atoms with Gasteiger partial charge in [0.25, 0.3) is 41.5 Å². The molecular weight excluding hydrogens is 1020 g/mol. The molecule has 0 atom stereocenters. The zero-order valence-corrected chi connectivity index (χ0v) is 43.2. The van der Waals surface area contributed by atoms with E-state index in [-0.39, 0.29) is 87.9 Å². The topological polar surface area (TPSA) is 324 Å². The third-order valence-electron chi connectivity index (χ3n) is 9.24. The van der Waals surface area contributed by atoms with Crippen LogP contribution in [0.1, 0.15) is 32.0 Å². The Labute approximate surface area is 423 Å². The Balaban J connectivity index is 0.000000370. The van der Waals surface area contributed by atoms with Crippen LogP contribution in [-0.4, -0.2) is 103 Å². The molecule has 9 rings (SSSR count). The first-order valence-electron chi connectivity index (χ1n) is 21.4. The van der Waals surface area contributed by atoms with Gasteiger partial charge in [-0.3, -0.25) is 14.2 Å². The number of rotatable bonds is 15. The van der Waals surface area contributed by atoms with E-state index in [1.54, 1.807) is 42.5 Å². The summed E-state index contributed by atoms with van der Waals surface area (Å²) in [5.41, 5.74) is 1.24. The average Bonchev–Trinajstić information content (AvgIpc) is 4.15. The molecule has 3 aromatic carbocycles.